The van der Waals surface area contributed by atoms with Crippen molar-refractivity contribution >= 4 is 15.7 Å². The molecule has 112 valence electrons. The average Bonchev–Trinajstić information content (AvgIpc) is 2.42. The predicted molar refractivity (Wildman–Crippen MR) is 82.7 cm³/mol. The van der Waals surface area contributed by atoms with Gasteiger partial charge in [0.05, 0.1) is 5.75 Å². The van der Waals surface area contributed by atoms with E-state index in [9.17, 15) is 8.42 Å². The molecule has 0 bridgehead atoms. The van der Waals surface area contributed by atoms with Crippen LogP contribution in [0.15, 0.2) is 24.3 Å². The Morgan fingerprint density at radius 2 is 1.75 bits per heavy atom. The van der Waals surface area contributed by atoms with Crippen molar-refractivity contribution in [2.75, 3.05) is 19.3 Å². The van der Waals surface area contributed by atoms with Crippen molar-refractivity contribution in [1.82, 2.24) is 4.31 Å². The van der Waals surface area contributed by atoms with Gasteiger partial charge in [0.2, 0.25) is 10.0 Å². The van der Waals surface area contributed by atoms with Gasteiger partial charge in [-0.15, -0.1) is 0 Å². The number of rotatable bonds is 5. The third-order valence-electron chi connectivity index (χ3n) is 4.04. The van der Waals surface area contributed by atoms with E-state index >= 15 is 0 Å². The van der Waals surface area contributed by atoms with Crippen molar-refractivity contribution < 1.29 is 8.42 Å². The van der Waals surface area contributed by atoms with Gasteiger partial charge < -0.3 is 5.73 Å². The molecule has 20 heavy (non-hydrogen) atoms. The molecule has 5 heteroatoms. The summed E-state index contributed by atoms with van der Waals surface area (Å²) in [6.45, 7) is 0.650. The van der Waals surface area contributed by atoms with Crippen LogP contribution in [0.25, 0.3) is 0 Å². The van der Waals surface area contributed by atoms with E-state index in [1.165, 1.54) is 23.6 Å². The molecule has 2 rings (SSSR count). The molecule has 1 fully saturated rings. The number of hydrogen-bond acceptors (Lipinski definition) is 3. The molecule has 1 aliphatic rings. The molecule has 1 aliphatic carbocycles. The van der Waals surface area contributed by atoms with Crippen LogP contribution >= 0.6 is 0 Å². The van der Waals surface area contributed by atoms with Crippen molar-refractivity contribution in [2.45, 2.75) is 37.9 Å². The minimum absolute atomic E-state index is 0.0521. The van der Waals surface area contributed by atoms with Crippen LogP contribution in [0.1, 0.15) is 37.7 Å². The number of nitrogen functional groups attached to an aromatic ring is 1. The molecule has 2 N–H and O–H groups in total. The maximum atomic E-state index is 12.4. The van der Waals surface area contributed by atoms with Crippen molar-refractivity contribution in [2.24, 2.45) is 5.92 Å². The summed E-state index contributed by atoms with van der Waals surface area (Å²) in [4.78, 5) is 0. The molecule has 0 aliphatic heterocycles. The zero-order valence-electron chi connectivity index (χ0n) is 12.1. The largest absolute Gasteiger partial charge is 0.399 e. The minimum Gasteiger partial charge on any atom is -0.399 e. The Hall–Kier alpha value is -1.07. The van der Waals surface area contributed by atoms with Crippen molar-refractivity contribution in [3.8, 4) is 0 Å². The molecule has 1 aromatic rings. The van der Waals surface area contributed by atoms with Crippen LogP contribution in [0.3, 0.4) is 0 Å². The van der Waals surface area contributed by atoms with Crippen LogP contribution in [-0.4, -0.2) is 26.3 Å². The highest BCUT2D eigenvalue weighted by Crippen LogP contribution is 2.25. The molecule has 0 saturated heterocycles. The fraction of sp³-hybridized carbons (Fsp3) is 0.600. The number of hydrogen-bond donors (Lipinski definition) is 1. The van der Waals surface area contributed by atoms with Crippen LogP contribution in [0.5, 0.6) is 0 Å². The van der Waals surface area contributed by atoms with Gasteiger partial charge in [-0.1, -0.05) is 31.4 Å². The Bertz CT molecular complexity index is 519. The monoisotopic (exact) mass is 296 g/mol. The first-order chi connectivity index (χ1) is 9.47. The van der Waals surface area contributed by atoms with Gasteiger partial charge in [0.1, 0.15) is 0 Å². The highest BCUT2D eigenvalue weighted by molar-refractivity contribution is 7.88. The predicted octanol–water partition coefficient (Wildman–Crippen LogP) is 2.61. The van der Waals surface area contributed by atoms with Gasteiger partial charge in [-0.3, -0.25) is 0 Å². The third kappa shape index (κ3) is 4.21. The van der Waals surface area contributed by atoms with E-state index in [2.05, 4.69) is 0 Å². The van der Waals surface area contributed by atoms with E-state index in [1.54, 1.807) is 31.3 Å². The molecule has 0 heterocycles. The summed E-state index contributed by atoms with van der Waals surface area (Å²) >= 11 is 0. The summed E-state index contributed by atoms with van der Waals surface area (Å²) in [6.07, 6.45) is 6.06. The lowest BCUT2D eigenvalue weighted by Gasteiger charge is -2.26. The number of nitrogens with zero attached hydrogens (tertiary/aromatic N) is 1. The summed E-state index contributed by atoms with van der Waals surface area (Å²) in [5.41, 5.74) is 7.06. The van der Waals surface area contributed by atoms with Gasteiger partial charge in [0, 0.05) is 19.3 Å². The highest BCUT2D eigenvalue weighted by atomic mass is 32.2. The van der Waals surface area contributed by atoms with Crippen LogP contribution in [0.4, 0.5) is 5.69 Å². The van der Waals surface area contributed by atoms with Crippen molar-refractivity contribution in [1.29, 1.82) is 0 Å². The lowest BCUT2D eigenvalue weighted by atomic mass is 9.89. The molecule has 0 spiro atoms. The molecule has 4 nitrogen and oxygen atoms in total. The van der Waals surface area contributed by atoms with Gasteiger partial charge in [0.15, 0.2) is 0 Å². The number of benzene rings is 1. The van der Waals surface area contributed by atoms with Crippen LogP contribution in [-0.2, 0) is 15.8 Å². The van der Waals surface area contributed by atoms with Gasteiger partial charge in [0.25, 0.3) is 0 Å². The van der Waals surface area contributed by atoms with Gasteiger partial charge in [-0.05, 0) is 36.5 Å². The van der Waals surface area contributed by atoms with Crippen LogP contribution in [0.2, 0.25) is 0 Å². The SMILES string of the molecule is CN(CC1CCCCC1)S(=O)(=O)Cc1ccc(N)cc1. The Kier molecular flexibility index (Phi) is 5.05. The third-order valence-corrected chi connectivity index (χ3v) is 5.84. The van der Waals surface area contributed by atoms with Crippen molar-refractivity contribution in [3.05, 3.63) is 29.8 Å². The van der Waals surface area contributed by atoms with E-state index in [0.29, 0.717) is 18.2 Å². The van der Waals surface area contributed by atoms with Crippen LogP contribution < -0.4 is 5.73 Å². The first-order valence-corrected chi connectivity index (χ1v) is 8.87. The zero-order valence-corrected chi connectivity index (χ0v) is 12.9. The summed E-state index contributed by atoms with van der Waals surface area (Å²) in [5, 5.41) is 0. The number of sulfonamides is 1. The zero-order chi connectivity index (χ0) is 14.6. The second kappa shape index (κ2) is 6.59. The summed E-state index contributed by atoms with van der Waals surface area (Å²) in [7, 11) is -1.54. The number of nitrogens with two attached hydrogens (primary N) is 1. The van der Waals surface area contributed by atoms with Crippen molar-refractivity contribution in [3.63, 3.8) is 0 Å². The molecule has 1 saturated carbocycles. The Morgan fingerprint density at radius 3 is 2.35 bits per heavy atom. The first kappa shape index (κ1) is 15.3. The summed E-state index contributed by atoms with van der Waals surface area (Å²) in [5.74, 6) is 0.575. The topological polar surface area (TPSA) is 63.4 Å². The Morgan fingerprint density at radius 1 is 1.15 bits per heavy atom. The van der Waals surface area contributed by atoms with Gasteiger partial charge in [-0.2, -0.15) is 0 Å². The molecule has 0 aromatic heterocycles. The first-order valence-electron chi connectivity index (χ1n) is 7.26. The second-order valence-electron chi connectivity index (χ2n) is 5.78. The molecular weight excluding hydrogens is 272 g/mol. The molecule has 0 radical (unpaired) electrons. The smallest absolute Gasteiger partial charge is 0.218 e. The van der Waals surface area contributed by atoms with E-state index in [0.717, 1.165) is 18.4 Å². The lowest BCUT2D eigenvalue weighted by molar-refractivity contribution is 0.300. The normalized spacial score (nSPS) is 17.5. The lowest BCUT2D eigenvalue weighted by Crippen LogP contribution is -2.33. The summed E-state index contributed by atoms with van der Waals surface area (Å²) in [6, 6.07) is 7.04. The molecule has 0 amide bonds. The number of anilines is 1. The maximum Gasteiger partial charge on any atom is 0.218 e. The Balaban J connectivity index is 1.96. The fourth-order valence-corrected chi connectivity index (χ4v) is 4.05. The highest BCUT2D eigenvalue weighted by Gasteiger charge is 2.23. The molecular formula is C15H24N2O2S. The van der Waals surface area contributed by atoms with E-state index < -0.39 is 10.0 Å². The standard InChI is InChI=1S/C15H24N2O2S/c1-17(11-13-5-3-2-4-6-13)20(18,19)12-14-7-9-15(16)10-8-14/h7-10,13H,2-6,11-12,16H2,1H3. The quantitative estimate of drug-likeness (QED) is 0.850. The molecule has 0 unspecified atom stereocenters. The van der Waals surface area contributed by atoms with Gasteiger partial charge in [-0.25, -0.2) is 12.7 Å². The maximum absolute atomic E-state index is 12.4. The van der Waals surface area contributed by atoms with Crippen LogP contribution in [0, 0.1) is 5.92 Å². The van der Waals surface area contributed by atoms with E-state index in [-0.39, 0.29) is 5.75 Å². The van der Waals surface area contributed by atoms with E-state index in [1.807, 2.05) is 0 Å². The second-order valence-corrected chi connectivity index (χ2v) is 7.86. The summed E-state index contributed by atoms with van der Waals surface area (Å²) < 4.78 is 26.2. The minimum atomic E-state index is -3.23. The molecule has 0 atom stereocenters. The molecule has 1 aromatic carbocycles. The van der Waals surface area contributed by atoms with Gasteiger partial charge >= 0.3 is 0 Å². The van der Waals surface area contributed by atoms with E-state index in [4.69, 9.17) is 5.73 Å². The Labute approximate surface area is 122 Å². The fourth-order valence-electron chi connectivity index (χ4n) is 2.78. The average molecular weight is 296 g/mol.